The summed E-state index contributed by atoms with van der Waals surface area (Å²) in [6.07, 6.45) is 0.760. The molecule has 0 spiro atoms. The molecule has 1 N–H and O–H groups in total. The van der Waals surface area contributed by atoms with Crippen molar-refractivity contribution in [3.63, 3.8) is 0 Å². The topological polar surface area (TPSA) is 71.0 Å². The minimum Gasteiger partial charge on any atom is -0.370 e. The molecule has 0 radical (unpaired) electrons. The standard InChI is InChI=1S/C19H29N3O3S/c1-14-4-5-17(15(2)10-14)18-12-22(7-8-25-18)19(20-3)21-11-16-6-9-26(23,24)13-16/h4-5,10,16,18H,6-9,11-13H2,1-3H3,(H,20,21). The van der Waals surface area contributed by atoms with Gasteiger partial charge in [0, 0.05) is 20.1 Å². The predicted molar refractivity (Wildman–Crippen MR) is 104 cm³/mol. The number of hydrogen-bond donors (Lipinski definition) is 1. The normalized spacial score (nSPS) is 26.1. The molecule has 3 rings (SSSR count). The molecule has 2 unspecified atom stereocenters. The third-order valence-electron chi connectivity index (χ3n) is 5.23. The van der Waals surface area contributed by atoms with Crippen LogP contribution in [0.5, 0.6) is 0 Å². The van der Waals surface area contributed by atoms with Crippen molar-refractivity contribution < 1.29 is 13.2 Å². The van der Waals surface area contributed by atoms with E-state index < -0.39 is 9.84 Å². The number of nitrogens with zero attached hydrogens (tertiary/aromatic N) is 2. The number of morpholine rings is 1. The summed E-state index contributed by atoms with van der Waals surface area (Å²) < 4.78 is 29.3. The third kappa shape index (κ3) is 4.57. The lowest BCUT2D eigenvalue weighted by Gasteiger charge is -2.36. The molecular weight excluding hydrogens is 350 g/mol. The van der Waals surface area contributed by atoms with E-state index >= 15 is 0 Å². The number of ether oxygens (including phenoxy) is 1. The van der Waals surface area contributed by atoms with Crippen LogP contribution in [-0.4, -0.2) is 64.1 Å². The van der Waals surface area contributed by atoms with E-state index in [9.17, 15) is 8.42 Å². The van der Waals surface area contributed by atoms with Crippen molar-refractivity contribution in [1.82, 2.24) is 10.2 Å². The first kappa shape index (κ1) is 19.2. The number of benzene rings is 1. The zero-order valence-corrected chi connectivity index (χ0v) is 16.7. The summed E-state index contributed by atoms with van der Waals surface area (Å²) in [6, 6.07) is 6.46. The molecule has 144 valence electrons. The minimum absolute atomic E-state index is 0.0229. The molecule has 0 saturated carbocycles. The number of nitrogens with one attached hydrogen (secondary N) is 1. The van der Waals surface area contributed by atoms with Crippen molar-refractivity contribution in [3.05, 3.63) is 34.9 Å². The van der Waals surface area contributed by atoms with Crippen LogP contribution in [0.1, 0.15) is 29.2 Å². The van der Waals surface area contributed by atoms with Crippen molar-refractivity contribution in [3.8, 4) is 0 Å². The van der Waals surface area contributed by atoms with E-state index in [4.69, 9.17) is 4.74 Å². The van der Waals surface area contributed by atoms with E-state index in [1.807, 2.05) is 0 Å². The van der Waals surface area contributed by atoms with Crippen LogP contribution < -0.4 is 5.32 Å². The Bertz CT molecular complexity index is 776. The van der Waals surface area contributed by atoms with Crippen LogP contribution in [0.4, 0.5) is 0 Å². The van der Waals surface area contributed by atoms with Gasteiger partial charge in [-0.3, -0.25) is 4.99 Å². The Hall–Kier alpha value is -1.60. The van der Waals surface area contributed by atoms with E-state index in [0.717, 1.165) is 25.5 Å². The highest BCUT2D eigenvalue weighted by atomic mass is 32.2. The quantitative estimate of drug-likeness (QED) is 0.639. The van der Waals surface area contributed by atoms with Crippen molar-refractivity contribution >= 4 is 15.8 Å². The summed E-state index contributed by atoms with van der Waals surface area (Å²) in [5.74, 6) is 1.59. The fourth-order valence-corrected chi connectivity index (χ4v) is 5.68. The zero-order valence-electron chi connectivity index (χ0n) is 15.9. The van der Waals surface area contributed by atoms with Crippen LogP contribution in [0.3, 0.4) is 0 Å². The second kappa shape index (κ2) is 7.96. The van der Waals surface area contributed by atoms with Gasteiger partial charge < -0.3 is 15.0 Å². The third-order valence-corrected chi connectivity index (χ3v) is 7.06. The molecule has 2 fully saturated rings. The average molecular weight is 380 g/mol. The summed E-state index contributed by atoms with van der Waals surface area (Å²) in [7, 11) is -1.07. The summed E-state index contributed by atoms with van der Waals surface area (Å²) >= 11 is 0. The molecule has 0 amide bonds. The maximum Gasteiger partial charge on any atom is 0.193 e. The number of aryl methyl sites for hydroxylation is 2. The molecule has 7 heteroatoms. The highest BCUT2D eigenvalue weighted by molar-refractivity contribution is 7.91. The van der Waals surface area contributed by atoms with Gasteiger partial charge in [-0.15, -0.1) is 0 Å². The van der Waals surface area contributed by atoms with Crippen LogP contribution >= 0.6 is 0 Å². The molecule has 0 aliphatic carbocycles. The lowest BCUT2D eigenvalue weighted by atomic mass is 10.00. The number of guanidine groups is 1. The molecule has 2 aliphatic heterocycles. The predicted octanol–water partition coefficient (Wildman–Crippen LogP) is 1.69. The van der Waals surface area contributed by atoms with E-state index in [1.165, 1.54) is 16.7 Å². The van der Waals surface area contributed by atoms with E-state index in [-0.39, 0.29) is 17.8 Å². The van der Waals surface area contributed by atoms with E-state index in [0.29, 0.717) is 18.9 Å². The Labute approximate surface area is 156 Å². The Morgan fingerprint density at radius 3 is 2.85 bits per heavy atom. The molecule has 1 aromatic rings. The van der Waals surface area contributed by atoms with Crippen molar-refractivity contribution in [1.29, 1.82) is 0 Å². The second-order valence-corrected chi connectivity index (χ2v) is 9.59. The summed E-state index contributed by atoms with van der Waals surface area (Å²) in [5.41, 5.74) is 3.72. The smallest absolute Gasteiger partial charge is 0.193 e. The lowest BCUT2D eigenvalue weighted by molar-refractivity contribution is -0.00835. The molecule has 6 nitrogen and oxygen atoms in total. The maximum atomic E-state index is 11.6. The van der Waals surface area contributed by atoms with Gasteiger partial charge in [-0.1, -0.05) is 23.8 Å². The number of hydrogen-bond acceptors (Lipinski definition) is 4. The molecule has 2 saturated heterocycles. The molecule has 2 heterocycles. The zero-order chi connectivity index (χ0) is 18.7. The lowest BCUT2D eigenvalue weighted by Crippen LogP contribution is -2.49. The summed E-state index contributed by atoms with van der Waals surface area (Å²) in [5, 5.41) is 3.37. The van der Waals surface area contributed by atoms with Gasteiger partial charge in [0.05, 0.1) is 24.7 Å². The van der Waals surface area contributed by atoms with Crippen molar-refractivity contribution in [2.75, 3.05) is 44.8 Å². The molecule has 0 aromatic heterocycles. The van der Waals surface area contributed by atoms with Crippen molar-refractivity contribution in [2.24, 2.45) is 10.9 Å². The van der Waals surface area contributed by atoms with Gasteiger partial charge >= 0.3 is 0 Å². The molecular formula is C19H29N3O3S. The molecule has 2 atom stereocenters. The van der Waals surface area contributed by atoms with Crippen LogP contribution in [-0.2, 0) is 14.6 Å². The fraction of sp³-hybridized carbons (Fsp3) is 0.632. The molecule has 2 aliphatic rings. The molecule has 26 heavy (non-hydrogen) atoms. The molecule has 1 aromatic carbocycles. The highest BCUT2D eigenvalue weighted by Gasteiger charge is 2.29. The van der Waals surface area contributed by atoms with Gasteiger partial charge in [0.1, 0.15) is 6.10 Å². The highest BCUT2D eigenvalue weighted by Crippen LogP contribution is 2.26. The van der Waals surface area contributed by atoms with Crippen molar-refractivity contribution in [2.45, 2.75) is 26.4 Å². The van der Waals surface area contributed by atoms with Crippen LogP contribution in [0.2, 0.25) is 0 Å². The van der Waals surface area contributed by atoms with Gasteiger partial charge in [-0.05, 0) is 37.3 Å². The molecule has 0 bridgehead atoms. The Balaban J connectivity index is 1.62. The van der Waals surface area contributed by atoms with Gasteiger partial charge in [0.15, 0.2) is 15.8 Å². The fourth-order valence-electron chi connectivity index (χ4n) is 3.82. The summed E-state index contributed by atoms with van der Waals surface area (Å²) in [4.78, 5) is 6.61. The first-order chi connectivity index (χ1) is 12.4. The van der Waals surface area contributed by atoms with Crippen LogP contribution in [0.25, 0.3) is 0 Å². The Morgan fingerprint density at radius 1 is 1.38 bits per heavy atom. The van der Waals surface area contributed by atoms with E-state index in [1.54, 1.807) is 7.05 Å². The Kier molecular flexibility index (Phi) is 5.87. The number of rotatable bonds is 3. The average Bonchev–Trinajstić information content (AvgIpc) is 2.95. The largest absolute Gasteiger partial charge is 0.370 e. The van der Waals surface area contributed by atoms with Crippen LogP contribution in [0, 0.1) is 19.8 Å². The number of aliphatic imine (C=N–C) groups is 1. The van der Waals surface area contributed by atoms with Gasteiger partial charge in [0.2, 0.25) is 0 Å². The first-order valence-corrected chi connectivity index (χ1v) is 11.0. The minimum atomic E-state index is -2.84. The Morgan fingerprint density at radius 2 is 2.19 bits per heavy atom. The van der Waals surface area contributed by atoms with Gasteiger partial charge in [-0.2, -0.15) is 0 Å². The maximum absolute atomic E-state index is 11.6. The van der Waals surface area contributed by atoms with Crippen LogP contribution in [0.15, 0.2) is 23.2 Å². The number of sulfone groups is 1. The van der Waals surface area contributed by atoms with E-state index in [2.05, 4.69) is 47.3 Å². The monoisotopic (exact) mass is 379 g/mol. The first-order valence-electron chi connectivity index (χ1n) is 9.23. The SMILES string of the molecule is CN=C(NCC1CCS(=O)(=O)C1)N1CCOC(c2ccc(C)cc2C)C1. The van der Waals surface area contributed by atoms with Gasteiger partial charge in [0.25, 0.3) is 0 Å². The van der Waals surface area contributed by atoms with Gasteiger partial charge in [-0.25, -0.2) is 8.42 Å². The summed E-state index contributed by atoms with van der Waals surface area (Å²) in [6.45, 7) is 7.04. The second-order valence-electron chi connectivity index (χ2n) is 7.36.